The quantitative estimate of drug-likeness (QED) is 0.806. The summed E-state index contributed by atoms with van der Waals surface area (Å²) in [6.07, 6.45) is 6.23. The minimum Gasteiger partial charge on any atom is -0.217 e. The van der Waals surface area contributed by atoms with Crippen molar-refractivity contribution in [2.24, 2.45) is 0 Å². The number of benzene rings is 1. The van der Waals surface area contributed by atoms with Crippen molar-refractivity contribution in [3.63, 3.8) is 0 Å². The number of tetrazole rings is 1. The molecule has 4 nitrogen and oxygen atoms in total. The lowest BCUT2D eigenvalue weighted by molar-refractivity contribution is 0.423. The van der Waals surface area contributed by atoms with Gasteiger partial charge in [0.25, 0.3) is 0 Å². The number of fused-ring (bicyclic) bond motifs is 1. The average Bonchev–Trinajstić information content (AvgIpc) is 3.23. The SMILES string of the molecule is c1ccc2c(c1)CC(CSc1nnnn1C1CCCC1)S2. The Balaban J connectivity index is 1.39. The minimum absolute atomic E-state index is 0.524. The number of rotatable bonds is 4. The van der Waals surface area contributed by atoms with E-state index in [1.807, 2.05) is 23.5 Å². The summed E-state index contributed by atoms with van der Waals surface area (Å²) >= 11 is 3.81. The van der Waals surface area contributed by atoms with Crippen molar-refractivity contribution in [1.82, 2.24) is 20.2 Å². The number of aromatic nitrogens is 4. The molecular formula is C15H18N4S2. The van der Waals surface area contributed by atoms with Gasteiger partial charge in [-0.2, -0.15) is 0 Å². The highest BCUT2D eigenvalue weighted by Crippen LogP contribution is 2.39. The normalized spacial score (nSPS) is 21.8. The van der Waals surface area contributed by atoms with Crippen molar-refractivity contribution >= 4 is 23.5 Å². The molecule has 1 atom stereocenters. The summed E-state index contributed by atoms with van der Waals surface area (Å²) in [6.45, 7) is 0. The molecule has 4 rings (SSSR count). The third-order valence-electron chi connectivity index (χ3n) is 4.25. The van der Waals surface area contributed by atoms with E-state index in [9.17, 15) is 0 Å². The number of thioether (sulfide) groups is 2. The molecule has 1 fully saturated rings. The monoisotopic (exact) mass is 318 g/mol. The van der Waals surface area contributed by atoms with E-state index in [-0.39, 0.29) is 0 Å². The first-order valence-electron chi connectivity index (χ1n) is 7.55. The van der Waals surface area contributed by atoms with Gasteiger partial charge in [-0.05, 0) is 41.3 Å². The summed E-state index contributed by atoms with van der Waals surface area (Å²) in [5.74, 6) is 1.08. The second-order valence-electron chi connectivity index (χ2n) is 5.71. The van der Waals surface area contributed by atoms with Crippen LogP contribution in [-0.2, 0) is 6.42 Å². The van der Waals surface area contributed by atoms with Crippen LogP contribution in [0.25, 0.3) is 0 Å². The van der Waals surface area contributed by atoms with Crippen LogP contribution in [0.15, 0.2) is 34.3 Å². The lowest BCUT2D eigenvalue weighted by Gasteiger charge is -2.12. The summed E-state index contributed by atoms with van der Waals surface area (Å²) in [6, 6.07) is 9.26. The summed E-state index contributed by atoms with van der Waals surface area (Å²) in [5, 5.41) is 14.0. The Morgan fingerprint density at radius 2 is 2.10 bits per heavy atom. The standard InChI is InChI=1S/C15H18N4S2/c1-4-8-14-11(5-1)9-13(21-14)10-20-15-16-17-18-19(15)12-6-2-3-7-12/h1,4-5,8,12-13H,2-3,6-7,9-10H2. The number of hydrogen-bond donors (Lipinski definition) is 0. The van der Waals surface area contributed by atoms with E-state index in [0.717, 1.165) is 10.9 Å². The van der Waals surface area contributed by atoms with Crippen molar-refractivity contribution in [2.75, 3.05) is 5.75 Å². The first-order valence-corrected chi connectivity index (χ1v) is 9.42. The fraction of sp³-hybridized carbons (Fsp3) is 0.533. The van der Waals surface area contributed by atoms with Gasteiger partial charge in [0.15, 0.2) is 0 Å². The zero-order chi connectivity index (χ0) is 14.1. The molecule has 0 bridgehead atoms. The lowest BCUT2D eigenvalue weighted by Crippen LogP contribution is -2.10. The van der Waals surface area contributed by atoms with E-state index in [2.05, 4.69) is 44.5 Å². The van der Waals surface area contributed by atoms with Gasteiger partial charge in [-0.25, -0.2) is 4.68 Å². The molecule has 1 aliphatic heterocycles. The minimum atomic E-state index is 0.524. The first kappa shape index (κ1) is 13.6. The van der Waals surface area contributed by atoms with E-state index >= 15 is 0 Å². The number of nitrogens with zero attached hydrogens (tertiary/aromatic N) is 4. The summed E-state index contributed by atoms with van der Waals surface area (Å²) in [7, 11) is 0. The van der Waals surface area contributed by atoms with Gasteiger partial charge in [0.05, 0.1) is 6.04 Å². The largest absolute Gasteiger partial charge is 0.217 e. The molecule has 110 valence electrons. The molecule has 0 radical (unpaired) electrons. The van der Waals surface area contributed by atoms with Crippen molar-refractivity contribution in [1.29, 1.82) is 0 Å². The van der Waals surface area contributed by atoms with Crippen LogP contribution in [0, 0.1) is 0 Å². The van der Waals surface area contributed by atoms with Crippen LogP contribution >= 0.6 is 23.5 Å². The van der Waals surface area contributed by atoms with E-state index in [1.54, 1.807) is 0 Å². The molecule has 21 heavy (non-hydrogen) atoms. The molecule has 1 aromatic heterocycles. The lowest BCUT2D eigenvalue weighted by atomic mass is 10.1. The van der Waals surface area contributed by atoms with Crippen LogP contribution in [0.2, 0.25) is 0 Å². The molecule has 2 heterocycles. The van der Waals surface area contributed by atoms with Crippen molar-refractivity contribution in [3.8, 4) is 0 Å². The third-order valence-corrected chi connectivity index (χ3v) is 6.87. The highest BCUT2D eigenvalue weighted by molar-refractivity contribution is 8.03. The maximum Gasteiger partial charge on any atom is 0.209 e. The molecule has 1 saturated carbocycles. The van der Waals surface area contributed by atoms with Crippen LogP contribution in [0.3, 0.4) is 0 Å². The number of hydrogen-bond acceptors (Lipinski definition) is 5. The molecule has 0 spiro atoms. The Morgan fingerprint density at radius 3 is 2.95 bits per heavy atom. The first-order chi connectivity index (χ1) is 10.4. The second kappa shape index (κ2) is 6.01. The van der Waals surface area contributed by atoms with Gasteiger partial charge in [0.1, 0.15) is 0 Å². The highest BCUT2D eigenvalue weighted by atomic mass is 32.2. The molecule has 0 N–H and O–H groups in total. The fourth-order valence-electron chi connectivity index (χ4n) is 3.17. The van der Waals surface area contributed by atoms with Gasteiger partial charge in [-0.1, -0.05) is 42.8 Å². The topological polar surface area (TPSA) is 43.6 Å². The van der Waals surface area contributed by atoms with Crippen molar-refractivity contribution in [2.45, 2.75) is 53.4 Å². The van der Waals surface area contributed by atoms with Crippen LogP contribution in [0.5, 0.6) is 0 Å². The van der Waals surface area contributed by atoms with Gasteiger partial charge in [-0.3, -0.25) is 0 Å². The Bertz CT molecular complexity index is 597. The Kier molecular flexibility index (Phi) is 3.90. The summed E-state index contributed by atoms with van der Waals surface area (Å²) < 4.78 is 2.06. The average molecular weight is 318 g/mol. The zero-order valence-corrected chi connectivity index (χ0v) is 13.4. The molecule has 1 aromatic carbocycles. The maximum absolute atomic E-state index is 4.23. The smallest absolute Gasteiger partial charge is 0.209 e. The van der Waals surface area contributed by atoms with Gasteiger partial charge in [0.2, 0.25) is 5.16 Å². The van der Waals surface area contributed by atoms with E-state index in [1.165, 1.54) is 42.6 Å². The Morgan fingerprint density at radius 1 is 1.24 bits per heavy atom. The third kappa shape index (κ3) is 2.83. The van der Waals surface area contributed by atoms with E-state index in [0.29, 0.717) is 11.3 Å². The summed E-state index contributed by atoms with van der Waals surface area (Å²) in [5.41, 5.74) is 1.49. The second-order valence-corrected chi connectivity index (χ2v) is 8.04. The van der Waals surface area contributed by atoms with Gasteiger partial charge in [-0.15, -0.1) is 16.9 Å². The predicted molar refractivity (Wildman–Crippen MR) is 85.8 cm³/mol. The Hall–Kier alpha value is -1.01. The van der Waals surface area contributed by atoms with E-state index in [4.69, 9.17) is 0 Å². The molecule has 2 aromatic rings. The van der Waals surface area contributed by atoms with Gasteiger partial charge in [0, 0.05) is 15.9 Å². The highest BCUT2D eigenvalue weighted by Gasteiger charge is 2.25. The molecule has 2 aliphatic rings. The Labute approximate surface area is 133 Å². The van der Waals surface area contributed by atoms with Gasteiger partial charge >= 0.3 is 0 Å². The van der Waals surface area contributed by atoms with Gasteiger partial charge < -0.3 is 0 Å². The maximum atomic E-state index is 4.23. The molecule has 1 unspecified atom stereocenters. The predicted octanol–water partition coefficient (Wildman–Crippen LogP) is 3.60. The molecule has 0 amide bonds. The molecule has 1 aliphatic carbocycles. The van der Waals surface area contributed by atoms with Crippen LogP contribution in [0.4, 0.5) is 0 Å². The summed E-state index contributed by atoms with van der Waals surface area (Å²) in [4.78, 5) is 1.44. The van der Waals surface area contributed by atoms with E-state index < -0.39 is 0 Å². The van der Waals surface area contributed by atoms with Crippen LogP contribution in [0.1, 0.15) is 37.3 Å². The van der Waals surface area contributed by atoms with Crippen molar-refractivity contribution < 1.29 is 0 Å². The molecular weight excluding hydrogens is 300 g/mol. The fourth-order valence-corrected chi connectivity index (χ4v) is 5.60. The molecule has 6 heteroatoms. The van der Waals surface area contributed by atoms with Crippen molar-refractivity contribution in [3.05, 3.63) is 29.8 Å². The zero-order valence-electron chi connectivity index (χ0n) is 11.8. The molecule has 0 saturated heterocycles. The van der Waals surface area contributed by atoms with Crippen LogP contribution in [-0.4, -0.2) is 31.2 Å². The van der Waals surface area contributed by atoms with Crippen LogP contribution < -0.4 is 0 Å².